The van der Waals surface area contributed by atoms with Crippen LogP contribution in [-0.4, -0.2) is 54.3 Å². The molecular formula is C55H94NO8P. The molecule has 0 aliphatic carbocycles. The van der Waals surface area contributed by atoms with Crippen LogP contribution in [0.15, 0.2) is 97.2 Å². The first-order chi connectivity index (χ1) is 31.8. The lowest BCUT2D eigenvalue weighted by Gasteiger charge is -2.15. The van der Waals surface area contributed by atoms with Gasteiger partial charge in [0, 0.05) is 19.4 Å². The van der Waals surface area contributed by atoms with Crippen LogP contribution in [-0.2, 0) is 27.9 Å². The molecule has 0 saturated carbocycles. The lowest BCUT2D eigenvalue weighted by molar-refractivity contribution is -0.147. The molecule has 1 amide bonds. The van der Waals surface area contributed by atoms with E-state index in [1.807, 2.05) is 0 Å². The van der Waals surface area contributed by atoms with Crippen LogP contribution in [0.4, 0.5) is 0 Å². The molecule has 0 spiro atoms. The van der Waals surface area contributed by atoms with Crippen molar-refractivity contribution in [3.8, 4) is 0 Å². The van der Waals surface area contributed by atoms with Crippen molar-refractivity contribution in [1.82, 2.24) is 5.32 Å². The number of phosphoric acid groups is 1. The van der Waals surface area contributed by atoms with Crippen LogP contribution in [0.1, 0.15) is 206 Å². The number of phosphoric ester groups is 1. The van der Waals surface area contributed by atoms with Gasteiger partial charge in [0.1, 0.15) is 12.7 Å². The molecule has 0 bridgehead atoms. The number of esters is 1. The molecule has 0 aromatic carbocycles. The van der Waals surface area contributed by atoms with Gasteiger partial charge in [-0.2, -0.15) is 0 Å². The maximum atomic E-state index is 12.2. The standard InChI is InChI=1S/C55H94NO8P/c1-3-5-7-9-11-13-15-17-19-21-23-25-26-28-30-32-34-36-38-40-42-44-46-48-55(59)62-51-53(57)52-64-65(60,61)63-50-49-56-54(58)47-45-43-41-39-37-35-33-31-29-27-24-22-20-18-16-14-12-10-8-6-4-2/h5,7,11-14,17-20,23,25,28,30,34,36,53,57H,3-4,6,8-10,15-16,21-22,24,26-27,29,31-33,35,37-52H2,1-2H3,(H,56,58)(H,60,61)/b7-5-,13-11-,14-12-,19-17-,20-18-,25-23-,30-28-,36-34-. The van der Waals surface area contributed by atoms with Crippen molar-refractivity contribution in [1.29, 1.82) is 0 Å². The van der Waals surface area contributed by atoms with E-state index in [-0.39, 0.29) is 32.1 Å². The number of rotatable bonds is 47. The van der Waals surface area contributed by atoms with Crippen molar-refractivity contribution >= 4 is 19.7 Å². The predicted molar refractivity (Wildman–Crippen MR) is 275 cm³/mol. The third kappa shape index (κ3) is 51.8. The Morgan fingerprint density at radius 3 is 1.32 bits per heavy atom. The first kappa shape index (κ1) is 61.9. The third-order valence-corrected chi connectivity index (χ3v) is 11.5. The summed E-state index contributed by atoms with van der Waals surface area (Å²) in [5.41, 5.74) is 0. The predicted octanol–water partition coefficient (Wildman–Crippen LogP) is 15.3. The van der Waals surface area contributed by atoms with Crippen LogP contribution < -0.4 is 5.32 Å². The van der Waals surface area contributed by atoms with E-state index < -0.39 is 26.5 Å². The Hall–Kier alpha value is -3.07. The van der Waals surface area contributed by atoms with E-state index in [2.05, 4.69) is 116 Å². The highest BCUT2D eigenvalue weighted by atomic mass is 31.2. The number of carbonyl (C=O) groups is 2. The fraction of sp³-hybridized carbons (Fsp3) is 0.673. The molecule has 0 radical (unpaired) electrons. The van der Waals surface area contributed by atoms with E-state index in [1.54, 1.807) is 0 Å². The fourth-order valence-corrected chi connectivity index (χ4v) is 7.41. The minimum atomic E-state index is -4.44. The molecule has 3 N–H and O–H groups in total. The van der Waals surface area contributed by atoms with Crippen LogP contribution in [0.3, 0.4) is 0 Å². The summed E-state index contributed by atoms with van der Waals surface area (Å²) >= 11 is 0. The Bertz CT molecular complexity index is 1380. The summed E-state index contributed by atoms with van der Waals surface area (Å²) in [6.07, 6.45) is 66.3. The molecule has 2 atom stereocenters. The molecule has 0 fully saturated rings. The van der Waals surface area contributed by atoms with Gasteiger partial charge in [-0.3, -0.25) is 18.6 Å². The Morgan fingerprint density at radius 1 is 0.492 bits per heavy atom. The van der Waals surface area contributed by atoms with Crippen LogP contribution in [0.5, 0.6) is 0 Å². The number of hydrogen-bond acceptors (Lipinski definition) is 7. The topological polar surface area (TPSA) is 131 Å². The number of amides is 1. The van der Waals surface area contributed by atoms with Crippen molar-refractivity contribution in [3.05, 3.63) is 97.2 Å². The van der Waals surface area contributed by atoms with E-state index in [0.29, 0.717) is 12.8 Å². The Kier molecular flexibility index (Phi) is 48.0. The molecule has 2 unspecified atom stereocenters. The first-order valence-electron chi connectivity index (χ1n) is 25.7. The van der Waals surface area contributed by atoms with Gasteiger partial charge in [-0.05, 0) is 96.3 Å². The number of ether oxygens (including phenoxy) is 1. The second-order valence-corrected chi connectivity index (χ2v) is 18.2. The molecule has 65 heavy (non-hydrogen) atoms. The van der Waals surface area contributed by atoms with Crippen molar-refractivity contribution in [2.45, 2.75) is 213 Å². The molecule has 0 aliphatic rings. The number of aliphatic hydroxyl groups excluding tert-OH is 1. The molecule has 0 saturated heterocycles. The lowest BCUT2D eigenvalue weighted by atomic mass is 10.0. The van der Waals surface area contributed by atoms with E-state index >= 15 is 0 Å². The van der Waals surface area contributed by atoms with E-state index in [0.717, 1.165) is 89.9 Å². The summed E-state index contributed by atoms with van der Waals surface area (Å²) in [6, 6.07) is 0. The van der Waals surface area contributed by atoms with Crippen LogP contribution >= 0.6 is 7.82 Å². The first-order valence-corrected chi connectivity index (χ1v) is 27.2. The fourth-order valence-electron chi connectivity index (χ4n) is 6.65. The second-order valence-electron chi connectivity index (χ2n) is 16.8. The number of unbranched alkanes of at least 4 members (excludes halogenated alkanes) is 18. The quantitative estimate of drug-likeness (QED) is 0.0238. The van der Waals surface area contributed by atoms with Gasteiger partial charge in [0.2, 0.25) is 5.91 Å². The molecular weight excluding hydrogens is 834 g/mol. The second kappa shape index (κ2) is 50.3. The molecule has 0 rings (SSSR count). The van der Waals surface area contributed by atoms with Gasteiger partial charge in [-0.15, -0.1) is 0 Å². The van der Waals surface area contributed by atoms with Crippen molar-refractivity contribution in [2.75, 3.05) is 26.4 Å². The molecule has 0 aromatic heterocycles. The molecule has 10 heteroatoms. The maximum absolute atomic E-state index is 12.2. The Balaban J connectivity index is 3.64. The average Bonchev–Trinajstić information content (AvgIpc) is 3.29. The summed E-state index contributed by atoms with van der Waals surface area (Å²) in [5.74, 6) is -0.548. The van der Waals surface area contributed by atoms with E-state index in [9.17, 15) is 24.2 Å². The zero-order chi connectivity index (χ0) is 47.4. The van der Waals surface area contributed by atoms with E-state index in [1.165, 1.54) is 83.5 Å². The SMILES string of the molecule is CC/C=C\C/C=C\C/C=C\C/C=C\C/C=C\C/C=C\CCCCCCC(=O)OCC(O)COP(=O)(O)OCCNC(=O)CCCCCCCCCCCCC/C=C\C/C=C\CCCCC. The third-order valence-electron chi connectivity index (χ3n) is 10.5. The molecule has 0 aromatic rings. The molecule has 0 aliphatic heterocycles. The van der Waals surface area contributed by atoms with Gasteiger partial charge in [0.25, 0.3) is 0 Å². The smallest absolute Gasteiger partial charge is 0.463 e. The number of carbonyl (C=O) groups excluding carboxylic acids is 2. The van der Waals surface area contributed by atoms with Gasteiger partial charge < -0.3 is 20.1 Å². The Morgan fingerprint density at radius 2 is 0.877 bits per heavy atom. The molecule has 372 valence electrons. The highest BCUT2D eigenvalue weighted by molar-refractivity contribution is 7.47. The summed E-state index contributed by atoms with van der Waals surface area (Å²) in [5, 5.41) is 12.8. The van der Waals surface area contributed by atoms with Crippen molar-refractivity contribution in [3.63, 3.8) is 0 Å². The average molecular weight is 928 g/mol. The van der Waals surface area contributed by atoms with E-state index in [4.69, 9.17) is 13.8 Å². The minimum absolute atomic E-state index is 0.0724. The van der Waals surface area contributed by atoms with Gasteiger partial charge in [-0.25, -0.2) is 4.57 Å². The van der Waals surface area contributed by atoms with Gasteiger partial charge in [0.15, 0.2) is 0 Å². The normalized spacial score (nSPS) is 14.0. The van der Waals surface area contributed by atoms with Crippen LogP contribution in [0.25, 0.3) is 0 Å². The molecule has 0 heterocycles. The maximum Gasteiger partial charge on any atom is 0.472 e. The van der Waals surface area contributed by atoms with Crippen LogP contribution in [0.2, 0.25) is 0 Å². The minimum Gasteiger partial charge on any atom is -0.463 e. The zero-order valence-electron chi connectivity index (χ0n) is 41.1. The number of aliphatic hydroxyl groups is 1. The number of nitrogens with one attached hydrogen (secondary N) is 1. The van der Waals surface area contributed by atoms with Crippen LogP contribution in [0, 0.1) is 0 Å². The number of allylic oxidation sites excluding steroid dienone is 16. The summed E-state index contributed by atoms with van der Waals surface area (Å²) in [6.45, 7) is 3.39. The highest BCUT2D eigenvalue weighted by Gasteiger charge is 2.23. The van der Waals surface area contributed by atoms with Crippen molar-refractivity contribution in [2.24, 2.45) is 0 Å². The van der Waals surface area contributed by atoms with Gasteiger partial charge >= 0.3 is 13.8 Å². The molecule has 9 nitrogen and oxygen atoms in total. The summed E-state index contributed by atoms with van der Waals surface area (Å²) < 4.78 is 27.0. The monoisotopic (exact) mass is 928 g/mol. The lowest BCUT2D eigenvalue weighted by Crippen LogP contribution is -2.27. The van der Waals surface area contributed by atoms with Gasteiger partial charge in [0.05, 0.1) is 13.2 Å². The largest absolute Gasteiger partial charge is 0.472 e. The summed E-state index contributed by atoms with van der Waals surface area (Å²) in [4.78, 5) is 34.1. The van der Waals surface area contributed by atoms with Gasteiger partial charge in [-0.1, -0.05) is 195 Å². The zero-order valence-corrected chi connectivity index (χ0v) is 42.0. The Labute approximate surface area is 397 Å². The highest BCUT2D eigenvalue weighted by Crippen LogP contribution is 2.42. The number of hydrogen-bond donors (Lipinski definition) is 3. The summed E-state index contributed by atoms with van der Waals surface area (Å²) in [7, 11) is -4.44. The van der Waals surface area contributed by atoms with Crippen molar-refractivity contribution < 1.29 is 37.9 Å².